The van der Waals surface area contributed by atoms with Gasteiger partial charge in [-0.2, -0.15) is 13.2 Å². The minimum absolute atomic E-state index is 0.331. The highest BCUT2D eigenvalue weighted by Gasteiger charge is 2.36. The first kappa shape index (κ1) is 16.9. The number of nitrogens with one attached hydrogen (secondary N) is 1. The molecule has 2 heterocycles. The molecule has 128 valence electrons. The highest BCUT2D eigenvalue weighted by Crippen LogP contribution is 2.37. The van der Waals surface area contributed by atoms with E-state index in [1.54, 1.807) is 18.3 Å². The van der Waals surface area contributed by atoms with Gasteiger partial charge < -0.3 is 5.32 Å². The van der Waals surface area contributed by atoms with E-state index in [1.807, 2.05) is 18.2 Å². The molecule has 1 saturated heterocycles. The summed E-state index contributed by atoms with van der Waals surface area (Å²) in [6, 6.07) is 11.1. The van der Waals surface area contributed by atoms with E-state index in [2.05, 4.69) is 15.2 Å². The summed E-state index contributed by atoms with van der Waals surface area (Å²) >= 11 is 0. The van der Waals surface area contributed by atoms with Crippen molar-refractivity contribution in [3.05, 3.63) is 65.5 Å². The smallest absolute Gasteiger partial charge is 0.314 e. The molecular formula is C18H20F3N3. The Balaban J connectivity index is 1.98. The predicted octanol–water partition coefficient (Wildman–Crippen LogP) is 3.29. The maximum absolute atomic E-state index is 13.5. The second-order valence-electron chi connectivity index (χ2n) is 5.91. The quantitative estimate of drug-likeness (QED) is 0.929. The van der Waals surface area contributed by atoms with E-state index in [1.165, 1.54) is 12.1 Å². The lowest BCUT2D eigenvalue weighted by Gasteiger charge is -2.36. The van der Waals surface area contributed by atoms with Gasteiger partial charge in [-0.1, -0.05) is 24.3 Å². The average molecular weight is 335 g/mol. The van der Waals surface area contributed by atoms with Crippen molar-refractivity contribution in [3.8, 4) is 0 Å². The monoisotopic (exact) mass is 335 g/mol. The van der Waals surface area contributed by atoms with Gasteiger partial charge in [-0.3, -0.25) is 9.88 Å². The summed E-state index contributed by atoms with van der Waals surface area (Å²) in [7, 11) is 0. The minimum Gasteiger partial charge on any atom is -0.314 e. The van der Waals surface area contributed by atoms with Crippen molar-refractivity contribution in [3.63, 3.8) is 0 Å². The van der Waals surface area contributed by atoms with Crippen molar-refractivity contribution in [2.75, 3.05) is 26.2 Å². The van der Waals surface area contributed by atoms with Crippen molar-refractivity contribution >= 4 is 0 Å². The van der Waals surface area contributed by atoms with Crippen LogP contribution in [0.15, 0.2) is 48.7 Å². The van der Waals surface area contributed by atoms with Crippen LogP contribution in [-0.2, 0) is 12.6 Å². The Morgan fingerprint density at radius 2 is 1.75 bits per heavy atom. The molecule has 6 heteroatoms. The third kappa shape index (κ3) is 3.94. The average Bonchev–Trinajstić information content (AvgIpc) is 2.61. The second-order valence-corrected chi connectivity index (χ2v) is 5.91. The first-order valence-electron chi connectivity index (χ1n) is 8.06. The number of nitrogens with zero attached hydrogens (tertiary/aromatic N) is 2. The van der Waals surface area contributed by atoms with E-state index in [9.17, 15) is 13.2 Å². The normalized spacial score (nSPS) is 17.6. The molecule has 3 rings (SSSR count). The van der Waals surface area contributed by atoms with Gasteiger partial charge in [0.15, 0.2) is 0 Å². The number of pyridine rings is 1. The van der Waals surface area contributed by atoms with Gasteiger partial charge in [0.1, 0.15) is 0 Å². The minimum atomic E-state index is -4.35. The molecule has 1 unspecified atom stereocenters. The van der Waals surface area contributed by atoms with Gasteiger partial charge in [0.25, 0.3) is 0 Å². The topological polar surface area (TPSA) is 28.2 Å². The third-order valence-electron chi connectivity index (χ3n) is 4.35. The molecule has 24 heavy (non-hydrogen) atoms. The first-order valence-corrected chi connectivity index (χ1v) is 8.06. The van der Waals surface area contributed by atoms with Crippen molar-refractivity contribution in [1.29, 1.82) is 0 Å². The highest BCUT2D eigenvalue weighted by molar-refractivity contribution is 5.33. The molecule has 1 aliphatic rings. The fourth-order valence-corrected chi connectivity index (χ4v) is 3.19. The summed E-state index contributed by atoms with van der Waals surface area (Å²) < 4.78 is 40.4. The zero-order valence-electron chi connectivity index (χ0n) is 13.3. The van der Waals surface area contributed by atoms with Crippen LogP contribution in [0.5, 0.6) is 0 Å². The lowest BCUT2D eigenvalue weighted by Crippen LogP contribution is -2.46. The number of hydrogen-bond acceptors (Lipinski definition) is 3. The van der Waals surface area contributed by atoms with Crippen LogP contribution in [0.2, 0.25) is 0 Å². The molecule has 1 fully saturated rings. The van der Waals surface area contributed by atoms with Crippen LogP contribution in [-0.4, -0.2) is 36.1 Å². The SMILES string of the molecule is FC(F)(F)c1ccccc1C(Cc1ccccn1)N1CCNCC1. The number of halogens is 3. The molecule has 2 aromatic rings. The van der Waals surface area contributed by atoms with Crippen LogP contribution >= 0.6 is 0 Å². The van der Waals surface area contributed by atoms with E-state index >= 15 is 0 Å². The first-order chi connectivity index (χ1) is 11.6. The number of alkyl halides is 3. The van der Waals surface area contributed by atoms with Crippen molar-refractivity contribution in [2.24, 2.45) is 0 Å². The fraction of sp³-hybridized carbons (Fsp3) is 0.389. The molecule has 0 aliphatic carbocycles. The van der Waals surface area contributed by atoms with Crippen LogP contribution in [0.3, 0.4) is 0 Å². The number of benzene rings is 1. The zero-order chi connectivity index (χ0) is 17.0. The molecule has 1 atom stereocenters. The summed E-state index contributed by atoms with van der Waals surface area (Å²) in [6.07, 6.45) is -2.21. The van der Waals surface area contributed by atoms with E-state index in [-0.39, 0.29) is 6.04 Å². The predicted molar refractivity (Wildman–Crippen MR) is 86.6 cm³/mol. The van der Waals surface area contributed by atoms with Gasteiger partial charge in [-0.25, -0.2) is 0 Å². The van der Waals surface area contributed by atoms with Crippen LogP contribution in [0.1, 0.15) is 22.9 Å². The lowest BCUT2D eigenvalue weighted by molar-refractivity contribution is -0.138. The highest BCUT2D eigenvalue weighted by atomic mass is 19.4. The third-order valence-corrected chi connectivity index (χ3v) is 4.35. The largest absolute Gasteiger partial charge is 0.416 e. The Morgan fingerprint density at radius 3 is 2.42 bits per heavy atom. The Kier molecular flexibility index (Phi) is 5.16. The van der Waals surface area contributed by atoms with E-state index in [0.717, 1.165) is 31.9 Å². The Labute approximate surface area is 139 Å². The van der Waals surface area contributed by atoms with E-state index in [4.69, 9.17) is 0 Å². The number of rotatable bonds is 4. The van der Waals surface area contributed by atoms with Crippen molar-refractivity contribution in [1.82, 2.24) is 15.2 Å². The zero-order valence-corrected chi connectivity index (χ0v) is 13.3. The summed E-state index contributed by atoms with van der Waals surface area (Å²) in [5.74, 6) is 0. The summed E-state index contributed by atoms with van der Waals surface area (Å²) in [6.45, 7) is 3.02. The van der Waals surface area contributed by atoms with Gasteiger partial charge in [-0.05, 0) is 23.8 Å². The molecule has 0 spiro atoms. The molecule has 1 aliphatic heterocycles. The van der Waals surface area contributed by atoms with Gasteiger partial charge in [0, 0.05) is 50.5 Å². The second kappa shape index (κ2) is 7.32. The van der Waals surface area contributed by atoms with Gasteiger partial charge in [0.2, 0.25) is 0 Å². The van der Waals surface area contributed by atoms with Gasteiger partial charge >= 0.3 is 6.18 Å². The molecule has 0 amide bonds. The maximum atomic E-state index is 13.5. The molecule has 1 aromatic carbocycles. The maximum Gasteiger partial charge on any atom is 0.416 e. The van der Waals surface area contributed by atoms with Gasteiger partial charge in [-0.15, -0.1) is 0 Å². The van der Waals surface area contributed by atoms with Crippen LogP contribution in [0, 0.1) is 0 Å². The summed E-state index contributed by atoms with van der Waals surface area (Å²) in [5.41, 5.74) is 0.583. The summed E-state index contributed by atoms with van der Waals surface area (Å²) in [4.78, 5) is 6.43. The van der Waals surface area contributed by atoms with Crippen LogP contribution in [0.25, 0.3) is 0 Å². The van der Waals surface area contributed by atoms with E-state index < -0.39 is 11.7 Å². The number of hydrogen-bond donors (Lipinski definition) is 1. The van der Waals surface area contributed by atoms with Crippen LogP contribution < -0.4 is 5.32 Å². The molecule has 1 aromatic heterocycles. The molecule has 0 bridgehead atoms. The number of aromatic nitrogens is 1. The van der Waals surface area contributed by atoms with Crippen molar-refractivity contribution < 1.29 is 13.2 Å². The molecule has 3 nitrogen and oxygen atoms in total. The standard InChI is InChI=1S/C18H20F3N3/c19-18(20,21)16-7-2-1-6-15(16)17(24-11-9-22-10-12-24)13-14-5-3-4-8-23-14/h1-8,17,22H,9-13H2. The molecule has 0 radical (unpaired) electrons. The lowest BCUT2D eigenvalue weighted by atomic mass is 9.94. The Bertz CT molecular complexity index is 652. The van der Waals surface area contributed by atoms with Gasteiger partial charge in [0.05, 0.1) is 5.56 Å². The summed E-state index contributed by atoms with van der Waals surface area (Å²) in [5, 5.41) is 3.25. The Hall–Kier alpha value is -1.92. The fourth-order valence-electron chi connectivity index (χ4n) is 3.19. The molecular weight excluding hydrogens is 315 g/mol. The van der Waals surface area contributed by atoms with Crippen LogP contribution in [0.4, 0.5) is 13.2 Å². The molecule has 0 saturated carbocycles. The van der Waals surface area contributed by atoms with E-state index in [0.29, 0.717) is 12.0 Å². The Morgan fingerprint density at radius 1 is 1.04 bits per heavy atom. The molecule has 1 N–H and O–H groups in total. The van der Waals surface area contributed by atoms with Crippen molar-refractivity contribution in [2.45, 2.75) is 18.6 Å². The number of piperazine rings is 1.